The van der Waals surface area contributed by atoms with Crippen molar-refractivity contribution in [3.05, 3.63) is 29.8 Å². The van der Waals surface area contributed by atoms with Crippen LogP contribution in [0.15, 0.2) is 24.3 Å². The first-order valence-corrected chi connectivity index (χ1v) is 6.94. The predicted molar refractivity (Wildman–Crippen MR) is 74.8 cm³/mol. The fourth-order valence-electron chi connectivity index (χ4n) is 2.65. The highest BCUT2D eigenvalue weighted by atomic mass is 16.3. The van der Waals surface area contributed by atoms with Crippen molar-refractivity contribution in [2.24, 2.45) is 5.41 Å². The van der Waals surface area contributed by atoms with Gasteiger partial charge in [-0.2, -0.15) is 0 Å². The zero-order valence-corrected chi connectivity index (χ0v) is 11.4. The highest BCUT2D eigenvalue weighted by molar-refractivity contribution is 5.83. The first-order valence-electron chi connectivity index (χ1n) is 6.94. The Balaban J connectivity index is 1.98. The van der Waals surface area contributed by atoms with Crippen LogP contribution in [0.3, 0.4) is 0 Å². The predicted octanol–water partition coefficient (Wildman–Crippen LogP) is 1.79. The van der Waals surface area contributed by atoms with Gasteiger partial charge in [-0.15, -0.1) is 0 Å². The van der Waals surface area contributed by atoms with Crippen LogP contribution in [0.2, 0.25) is 0 Å². The molecule has 4 heteroatoms. The highest BCUT2D eigenvalue weighted by Crippen LogP contribution is 2.30. The third-order valence-electron chi connectivity index (χ3n) is 4.06. The lowest BCUT2D eigenvalue weighted by Crippen LogP contribution is -2.50. The molecule has 1 aliphatic heterocycles. The van der Waals surface area contributed by atoms with Crippen molar-refractivity contribution in [2.45, 2.75) is 32.7 Å². The van der Waals surface area contributed by atoms with Crippen molar-refractivity contribution in [3.8, 4) is 5.75 Å². The van der Waals surface area contributed by atoms with E-state index in [0.717, 1.165) is 37.9 Å². The van der Waals surface area contributed by atoms with Crippen LogP contribution in [0.1, 0.15) is 31.7 Å². The van der Waals surface area contributed by atoms with Crippen LogP contribution in [0.4, 0.5) is 0 Å². The number of carbonyl (C=O) groups excluding carboxylic acids is 1. The number of phenols is 1. The number of piperidine rings is 1. The van der Waals surface area contributed by atoms with E-state index in [1.54, 1.807) is 12.1 Å². The number of rotatable bonds is 4. The Morgan fingerprint density at radius 1 is 1.47 bits per heavy atom. The third kappa shape index (κ3) is 3.07. The van der Waals surface area contributed by atoms with E-state index in [9.17, 15) is 9.90 Å². The lowest BCUT2D eigenvalue weighted by Gasteiger charge is -2.35. The summed E-state index contributed by atoms with van der Waals surface area (Å²) in [6.07, 6.45) is 2.81. The van der Waals surface area contributed by atoms with E-state index in [-0.39, 0.29) is 17.1 Å². The van der Waals surface area contributed by atoms with Gasteiger partial charge in [0.05, 0.1) is 5.41 Å². The summed E-state index contributed by atoms with van der Waals surface area (Å²) in [6.45, 7) is 4.18. The van der Waals surface area contributed by atoms with Crippen molar-refractivity contribution in [3.63, 3.8) is 0 Å². The largest absolute Gasteiger partial charge is 0.508 e. The SMILES string of the molecule is CCC1(C(=O)NCc2ccccc2O)CCCNC1. The van der Waals surface area contributed by atoms with Gasteiger partial charge in [-0.3, -0.25) is 4.79 Å². The summed E-state index contributed by atoms with van der Waals surface area (Å²) in [6, 6.07) is 7.10. The Morgan fingerprint density at radius 3 is 2.89 bits per heavy atom. The maximum atomic E-state index is 12.4. The number of hydrogen-bond acceptors (Lipinski definition) is 3. The van der Waals surface area contributed by atoms with Crippen molar-refractivity contribution >= 4 is 5.91 Å². The van der Waals surface area contributed by atoms with Gasteiger partial charge in [-0.05, 0) is 31.9 Å². The third-order valence-corrected chi connectivity index (χ3v) is 4.06. The molecule has 1 aromatic carbocycles. The molecule has 0 bridgehead atoms. The smallest absolute Gasteiger partial charge is 0.227 e. The zero-order valence-electron chi connectivity index (χ0n) is 11.4. The van der Waals surface area contributed by atoms with Gasteiger partial charge in [-0.1, -0.05) is 25.1 Å². The molecule has 1 saturated heterocycles. The van der Waals surface area contributed by atoms with Gasteiger partial charge in [0.1, 0.15) is 5.75 Å². The van der Waals surface area contributed by atoms with Gasteiger partial charge in [-0.25, -0.2) is 0 Å². The number of benzene rings is 1. The van der Waals surface area contributed by atoms with Crippen molar-refractivity contribution in [1.29, 1.82) is 0 Å². The van der Waals surface area contributed by atoms with Crippen molar-refractivity contribution in [2.75, 3.05) is 13.1 Å². The molecule has 1 heterocycles. The van der Waals surface area contributed by atoms with Gasteiger partial charge >= 0.3 is 0 Å². The van der Waals surface area contributed by atoms with Crippen LogP contribution < -0.4 is 10.6 Å². The molecule has 3 N–H and O–H groups in total. The Labute approximate surface area is 114 Å². The van der Waals surface area contributed by atoms with Crippen LogP contribution in [0.5, 0.6) is 5.75 Å². The molecule has 19 heavy (non-hydrogen) atoms. The molecule has 0 spiro atoms. The van der Waals surface area contributed by atoms with E-state index in [1.165, 1.54) is 0 Å². The van der Waals surface area contributed by atoms with Crippen LogP contribution in [-0.4, -0.2) is 24.1 Å². The second kappa shape index (κ2) is 6.06. The molecule has 1 aromatic rings. The molecule has 1 atom stereocenters. The number of hydrogen-bond donors (Lipinski definition) is 3. The molecular weight excluding hydrogens is 240 g/mol. The maximum absolute atomic E-state index is 12.4. The summed E-state index contributed by atoms with van der Waals surface area (Å²) in [7, 11) is 0. The minimum atomic E-state index is -0.289. The van der Waals surface area contributed by atoms with Crippen LogP contribution in [0.25, 0.3) is 0 Å². The highest BCUT2D eigenvalue weighted by Gasteiger charge is 2.37. The Hall–Kier alpha value is -1.55. The molecule has 1 fully saturated rings. The lowest BCUT2D eigenvalue weighted by atomic mass is 9.77. The van der Waals surface area contributed by atoms with Crippen LogP contribution in [-0.2, 0) is 11.3 Å². The topological polar surface area (TPSA) is 61.4 Å². The minimum Gasteiger partial charge on any atom is -0.508 e. The number of nitrogens with one attached hydrogen (secondary N) is 2. The van der Waals surface area contributed by atoms with E-state index in [0.29, 0.717) is 6.54 Å². The maximum Gasteiger partial charge on any atom is 0.227 e. The van der Waals surface area contributed by atoms with Gasteiger partial charge in [0, 0.05) is 18.7 Å². The van der Waals surface area contributed by atoms with Gasteiger partial charge in [0.15, 0.2) is 0 Å². The lowest BCUT2D eigenvalue weighted by molar-refractivity contribution is -0.132. The Bertz CT molecular complexity index is 440. The van der Waals surface area contributed by atoms with E-state index in [2.05, 4.69) is 17.6 Å². The van der Waals surface area contributed by atoms with Crippen LogP contribution >= 0.6 is 0 Å². The second-order valence-corrected chi connectivity index (χ2v) is 5.23. The van der Waals surface area contributed by atoms with Gasteiger partial charge < -0.3 is 15.7 Å². The molecule has 2 rings (SSSR count). The molecule has 1 unspecified atom stereocenters. The first-order chi connectivity index (χ1) is 9.18. The number of amides is 1. The molecule has 0 aromatic heterocycles. The van der Waals surface area contributed by atoms with E-state index < -0.39 is 0 Å². The zero-order chi connectivity index (χ0) is 13.7. The quantitative estimate of drug-likeness (QED) is 0.775. The fourth-order valence-corrected chi connectivity index (χ4v) is 2.65. The average molecular weight is 262 g/mol. The Kier molecular flexibility index (Phi) is 4.43. The monoisotopic (exact) mass is 262 g/mol. The molecule has 0 aliphatic carbocycles. The molecule has 0 radical (unpaired) electrons. The molecule has 4 nitrogen and oxygen atoms in total. The normalized spacial score (nSPS) is 23.0. The number of carbonyl (C=O) groups is 1. The molecular formula is C15H22N2O2. The molecule has 1 amide bonds. The van der Waals surface area contributed by atoms with Crippen molar-refractivity contribution < 1.29 is 9.90 Å². The number of para-hydroxylation sites is 1. The summed E-state index contributed by atoms with van der Waals surface area (Å²) >= 11 is 0. The van der Waals surface area contributed by atoms with Gasteiger partial charge in [0.25, 0.3) is 0 Å². The van der Waals surface area contributed by atoms with E-state index >= 15 is 0 Å². The summed E-state index contributed by atoms with van der Waals surface area (Å²) in [4.78, 5) is 12.4. The van der Waals surface area contributed by atoms with E-state index in [4.69, 9.17) is 0 Å². The second-order valence-electron chi connectivity index (χ2n) is 5.23. The summed E-state index contributed by atoms with van der Waals surface area (Å²) < 4.78 is 0. The Morgan fingerprint density at radius 2 is 2.26 bits per heavy atom. The van der Waals surface area contributed by atoms with Crippen molar-refractivity contribution in [1.82, 2.24) is 10.6 Å². The standard InChI is InChI=1S/C15H22N2O2/c1-2-15(8-5-9-16-11-15)14(19)17-10-12-6-3-4-7-13(12)18/h3-4,6-7,16,18H,2,5,8-11H2,1H3,(H,17,19). The molecule has 0 saturated carbocycles. The number of aromatic hydroxyl groups is 1. The van der Waals surface area contributed by atoms with Gasteiger partial charge in [0.2, 0.25) is 5.91 Å². The summed E-state index contributed by atoms with van der Waals surface area (Å²) in [5.74, 6) is 0.320. The summed E-state index contributed by atoms with van der Waals surface area (Å²) in [5, 5.41) is 16.0. The average Bonchev–Trinajstić information content (AvgIpc) is 2.46. The minimum absolute atomic E-state index is 0.0884. The van der Waals surface area contributed by atoms with E-state index in [1.807, 2.05) is 12.1 Å². The molecule has 104 valence electrons. The van der Waals surface area contributed by atoms with Crippen LogP contribution in [0, 0.1) is 5.41 Å². The fraction of sp³-hybridized carbons (Fsp3) is 0.533. The molecule has 1 aliphatic rings. The first kappa shape index (κ1) is 13.9. The number of phenolic OH excluding ortho intramolecular Hbond substituents is 1. The summed E-state index contributed by atoms with van der Waals surface area (Å²) in [5.41, 5.74) is 0.466.